The lowest BCUT2D eigenvalue weighted by Crippen LogP contribution is -2.70. The Labute approximate surface area is 402 Å². The van der Waals surface area contributed by atoms with E-state index >= 15 is 0 Å². The minimum absolute atomic E-state index is 0.0948. The third kappa shape index (κ3) is 11.3. The van der Waals surface area contributed by atoms with Gasteiger partial charge in [-0.15, -0.1) is 0 Å². The normalized spacial score (nSPS) is 27.4. The van der Waals surface area contributed by atoms with Crippen LogP contribution in [0.5, 0.6) is 11.5 Å². The van der Waals surface area contributed by atoms with Gasteiger partial charge in [0.1, 0.15) is 36.9 Å². The summed E-state index contributed by atoms with van der Waals surface area (Å²) in [6.07, 6.45) is -9.69. The number of hydrogen-bond donors (Lipinski definition) is 0. The molecule has 374 valence electrons. The van der Waals surface area contributed by atoms with E-state index in [1.165, 1.54) is 27.7 Å². The molecule has 10 atom stereocenters. The molecule has 0 radical (unpaired) electrons. The van der Waals surface area contributed by atoms with Crippen LogP contribution in [-0.4, -0.2) is 121 Å². The lowest BCUT2D eigenvalue weighted by atomic mass is 9.85. The Hall–Kier alpha value is -7.06. The Morgan fingerprint density at radius 3 is 1.06 bits per heavy atom. The van der Waals surface area contributed by atoms with Crippen LogP contribution in [0.25, 0.3) is 22.3 Å². The highest BCUT2D eigenvalue weighted by molar-refractivity contribution is 5.74. The first kappa shape index (κ1) is 50.8. The molecule has 20 nitrogen and oxygen atoms in total. The predicted molar refractivity (Wildman–Crippen MR) is 237 cm³/mol. The summed E-state index contributed by atoms with van der Waals surface area (Å²) in [5, 5.41) is 0. The minimum Gasteiger partial charge on any atom is -0.463 e. The zero-order chi connectivity index (χ0) is 50.7. The maximum absolute atomic E-state index is 12.5. The van der Waals surface area contributed by atoms with Gasteiger partial charge >= 0.3 is 47.8 Å². The predicted octanol–water partition coefficient (Wildman–Crippen LogP) is 4.58. The lowest BCUT2D eigenvalue weighted by molar-refractivity contribution is -0.345. The molecular weight excluding hydrogens is 921 g/mol. The van der Waals surface area contributed by atoms with Crippen LogP contribution in [-0.2, 0) is 98.6 Å². The van der Waals surface area contributed by atoms with Gasteiger partial charge in [-0.05, 0) is 70.5 Å². The smallest absolute Gasteiger partial charge is 0.303 e. The standard InChI is InChI=1S/C50H54O20/c1-25(51)59-23-41-43(61-27(3)53)45(63-29(5)55)47(65-31(7)57)49(69-41)19-17-37-21-35(13-15-39(37)67-49)33-9-11-34(12-10-33)36-14-16-40-38(22-36)18-20-50(68-40)48(66-32(8)58)46(64-30(6)56)44(62-28(4)54)42(70-50)24-60-26(2)52/h9-16,21-22,41-48H,17-20,23-24H2,1-8H3/t41-,42-,43-,44-,45+,46+,47+,48+,49+,50+/m1/s1. The number of esters is 8. The van der Waals surface area contributed by atoms with Crippen molar-refractivity contribution < 1.29 is 95.2 Å². The van der Waals surface area contributed by atoms with Gasteiger partial charge in [-0.3, -0.25) is 38.4 Å². The number of carbonyl (C=O) groups is 8. The number of fused-ring (bicyclic) bond motifs is 2. The average molecular weight is 975 g/mol. The third-order valence-corrected chi connectivity index (χ3v) is 12.0. The van der Waals surface area contributed by atoms with Gasteiger partial charge in [-0.25, -0.2) is 0 Å². The van der Waals surface area contributed by atoms with Crippen molar-refractivity contribution in [2.45, 2.75) is 141 Å². The molecule has 70 heavy (non-hydrogen) atoms. The van der Waals surface area contributed by atoms with Crippen molar-refractivity contribution in [1.82, 2.24) is 0 Å². The largest absolute Gasteiger partial charge is 0.463 e. The zero-order valence-corrected chi connectivity index (χ0v) is 39.8. The van der Waals surface area contributed by atoms with Gasteiger partial charge in [0.15, 0.2) is 24.4 Å². The highest BCUT2D eigenvalue weighted by Crippen LogP contribution is 2.47. The van der Waals surface area contributed by atoms with Crippen LogP contribution in [0.15, 0.2) is 60.7 Å². The molecule has 4 aliphatic rings. The van der Waals surface area contributed by atoms with Gasteiger partial charge in [-0.2, -0.15) is 0 Å². The molecule has 20 heteroatoms. The van der Waals surface area contributed by atoms with Gasteiger partial charge in [-0.1, -0.05) is 36.4 Å². The lowest BCUT2D eigenvalue weighted by Gasteiger charge is -2.52. The molecule has 3 aromatic rings. The molecule has 0 aromatic heterocycles. The summed E-state index contributed by atoms with van der Waals surface area (Å²) < 4.78 is 70.3. The summed E-state index contributed by atoms with van der Waals surface area (Å²) in [4.78, 5) is 98.1. The number of aryl methyl sites for hydroxylation is 2. The van der Waals surface area contributed by atoms with Crippen molar-refractivity contribution >= 4 is 47.8 Å². The Kier molecular flexibility index (Phi) is 15.2. The van der Waals surface area contributed by atoms with Crippen molar-refractivity contribution in [1.29, 1.82) is 0 Å². The molecule has 4 aliphatic heterocycles. The SMILES string of the molecule is CC(=O)OC[C@H]1O[C@@]2(CCc3cc(-c4ccc(-c5ccc6c(c5)CC[C@]5(O6)O[C@H](COC(C)=O)[C@@H](OC(C)=O)[C@H](OC(C)=O)[C@@H]5OC(C)=O)cc4)ccc3O2)[C@@H](OC(C)=O)[C@@H](OC(C)=O)[C@@H]1OC(C)=O. The molecule has 0 N–H and O–H groups in total. The van der Waals surface area contributed by atoms with E-state index in [9.17, 15) is 38.4 Å². The molecule has 4 heterocycles. The van der Waals surface area contributed by atoms with E-state index in [-0.39, 0.29) is 12.8 Å². The Morgan fingerprint density at radius 1 is 0.429 bits per heavy atom. The second kappa shape index (κ2) is 20.9. The third-order valence-electron chi connectivity index (χ3n) is 12.0. The van der Waals surface area contributed by atoms with E-state index < -0.39 is 121 Å². The van der Waals surface area contributed by atoms with Gasteiger partial charge in [0.2, 0.25) is 12.2 Å². The molecule has 3 aromatic carbocycles. The summed E-state index contributed by atoms with van der Waals surface area (Å²) in [6, 6.07) is 19.0. The van der Waals surface area contributed by atoms with Gasteiger partial charge in [0, 0.05) is 68.2 Å². The van der Waals surface area contributed by atoms with Crippen LogP contribution in [0.4, 0.5) is 0 Å². The van der Waals surface area contributed by atoms with E-state index in [2.05, 4.69) is 0 Å². The number of benzene rings is 3. The minimum atomic E-state index is -1.74. The maximum atomic E-state index is 12.5. The number of hydrogen-bond acceptors (Lipinski definition) is 20. The fourth-order valence-corrected chi connectivity index (χ4v) is 9.31. The van der Waals surface area contributed by atoms with Crippen molar-refractivity contribution in [3.63, 3.8) is 0 Å². The van der Waals surface area contributed by atoms with Crippen LogP contribution in [0.3, 0.4) is 0 Å². The van der Waals surface area contributed by atoms with E-state index in [4.69, 9.17) is 56.8 Å². The van der Waals surface area contributed by atoms with Crippen LogP contribution >= 0.6 is 0 Å². The highest BCUT2D eigenvalue weighted by Gasteiger charge is 2.64. The van der Waals surface area contributed by atoms with Crippen LogP contribution in [0, 0.1) is 0 Å². The first-order chi connectivity index (χ1) is 33.2. The Bertz CT molecular complexity index is 2360. The van der Waals surface area contributed by atoms with Crippen molar-refractivity contribution in [2.24, 2.45) is 0 Å². The van der Waals surface area contributed by atoms with Crippen molar-refractivity contribution in [2.75, 3.05) is 13.2 Å². The molecule has 0 amide bonds. The van der Waals surface area contributed by atoms with Gasteiger partial charge in [0.25, 0.3) is 11.6 Å². The van der Waals surface area contributed by atoms with E-state index in [0.717, 1.165) is 61.1 Å². The Morgan fingerprint density at radius 2 is 0.743 bits per heavy atom. The maximum Gasteiger partial charge on any atom is 0.303 e. The fraction of sp³-hybridized carbons (Fsp3) is 0.480. The van der Waals surface area contributed by atoms with Crippen LogP contribution in [0.1, 0.15) is 79.4 Å². The van der Waals surface area contributed by atoms with E-state index in [1.807, 2.05) is 48.5 Å². The van der Waals surface area contributed by atoms with Crippen molar-refractivity contribution in [3.8, 4) is 33.8 Å². The number of carbonyl (C=O) groups excluding carboxylic acids is 8. The quantitative estimate of drug-likeness (QED) is 0.178. The number of ether oxygens (including phenoxy) is 12. The van der Waals surface area contributed by atoms with Crippen molar-refractivity contribution in [3.05, 3.63) is 71.8 Å². The molecule has 0 bridgehead atoms. The molecule has 2 spiro atoms. The topological polar surface area (TPSA) is 247 Å². The summed E-state index contributed by atoms with van der Waals surface area (Å²) >= 11 is 0. The molecule has 7 rings (SSSR count). The molecule has 0 aliphatic carbocycles. The summed E-state index contributed by atoms with van der Waals surface area (Å²) in [7, 11) is 0. The first-order valence-electron chi connectivity index (χ1n) is 22.6. The molecule has 2 saturated heterocycles. The first-order valence-corrected chi connectivity index (χ1v) is 22.6. The molecular formula is C50H54O20. The summed E-state index contributed by atoms with van der Waals surface area (Å²) in [5.74, 6) is -8.44. The molecule has 2 fully saturated rings. The van der Waals surface area contributed by atoms with E-state index in [1.54, 1.807) is 12.1 Å². The van der Waals surface area contributed by atoms with E-state index in [0.29, 0.717) is 24.3 Å². The zero-order valence-electron chi connectivity index (χ0n) is 39.8. The summed E-state index contributed by atoms with van der Waals surface area (Å²) in [6.45, 7) is 8.56. The number of rotatable bonds is 12. The highest BCUT2D eigenvalue weighted by atomic mass is 16.8. The monoisotopic (exact) mass is 974 g/mol. The molecule has 0 saturated carbocycles. The van der Waals surface area contributed by atoms with Gasteiger partial charge in [0.05, 0.1) is 0 Å². The van der Waals surface area contributed by atoms with Crippen LogP contribution in [0.2, 0.25) is 0 Å². The second-order valence-corrected chi connectivity index (χ2v) is 17.3. The average Bonchev–Trinajstić information content (AvgIpc) is 3.28. The molecule has 0 unspecified atom stereocenters. The fourth-order valence-electron chi connectivity index (χ4n) is 9.31. The van der Waals surface area contributed by atoms with Gasteiger partial charge < -0.3 is 56.8 Å². The second-order valence-electron chi connectivity index (χ2n) is 17.3. The van der Waals surface area contributed by atoms with Crippen LogP contribution < -0.4 is 9.47 Å². The summed E-state index contributed by atoms with van der Waals surface area (Å²) in [5.41, 5.74) is 5.08. The Balaban J connectivity index is 1.12.